The Morgan fingerprint density at radius 3 is 2.26 bits per heavy atom. The Kier molecular flexibility index (Phi) is 5.16. The Labute approximate surface area is 116 Å². The van der Waals surface area contributed by atoms with Gasteiger partial charge in [-0.05, 0) is 42.3 Å². The Bertz CT molecular complexity index is 383. The summed E-state index contributed by atoms with van der Waals surface area (Å²) in [6, 6.07) is 7.18. The first-order valence-corrected chi connectivity index (χ1v) is 7.43. The number of nitrogens with one attached hydrogen (secondary N) is 1. The van der Waals surface area contributed by atoms with E-state index < -0.39 is 5.51 Å². The molecule has 1 saturated carbocycles. The molecule has 1 nitrogen and oxygen atoms in total. The molecule has 0 bridgehead atoms. The molecule has 19 heavy (non-hydrogen) atoms. The lowest BCUT2D eigenvalue weighted by Crippen LogP contribution is -2.30. The minimum atomic E-state index is -4.21. The summed E-state index contributed by atoms with van der Waals surface area (Å²) in [7, 11) is 0. The van der Waals surface area contributed by atoms with E-state index in [-0.39, 0.29) is 16.7 Å². The van der Waals surface area contributed by atoms with Crippen LogP contribution in [0.5, 0.6) is 0 Å². The summed E-state index contributed by atoms with van der Waals surface area (Å²) in [5.74, 6) is 0. The van der Waals surface area contributed by atoms with Crippen LogP contribution in [0.1, 0.15) is 37.7 Å². The van der Waals surface area contributed by atoms with Gasteiger partial charge in [0.15, 0.2) is 0 Å². The molecule has 1 aromatic carbocycles. The van der Waals surface area contributed by atoms with Crippen molar-refractivity contribution in [3.8, 4) is 0 Å². The zero-order valence-corrected chi connectivity index (χ0v) is 11.5. The smallest absolute Gasteiger partial charge is 0.310 e. The third-order valence-electron chi connectivity index (χ3n) is 3.36. The summed E-state index contributed by atoms with van der Waals surface area (Å²) >= 11 is -0.0648. The normalized spacial score (nSPS) is 17.6. The van der Waals surface area contributed by atoms with Gasteiger partial charge in [0, 0.05) is 17.5 Å². The Morgan fingerprint density at radius 2 is 1.68 bits per heavy atom. The molecule has 1 aliphatic carbocycles. The molecule has 0 spiro atoms. The molecule has 5 heteroatoms. The number of alkyl halides is 3. The highest BCUT2D eigenvalue weighted by atomic mass is 32.2. The van der Waals surface area contributed by atoms with Gasteiger partial charge < -0.3 is 5.32 Å². The molecule has 0 radical (unpaired) electrons. The summed E-state index contributed by atoms with van der Waals surface area (Å²) in [4.78, 5) is 0.244. The van der Waals surface area contributed by atoms with Gasteiger partial charge in [-0.1, -0.05) is 31.4 Å². The molecule has 1 fully saturated rings. The Balaban J connectivity index is 1.81. The average molecular weight is 289 g/mol. The second-order valence-corrected chi connectivity index (χ2v) is 6.05. The van der Waals surface area contributed by atoms with Gasteiger partial charge >= 0.3 is 5.51 Å². The number of thioether (sulfide) groups is 1. The molecule has 0 atom stereocenters. The van der Waals surface area contributed by atoms with Crippen molar-refractivity contribution in [3.63, 3.8) is 0 Å². The Hall–Kier alpha value is -0.680. The van der Waals surface area contributed by atoms with E-state index in [0.717, 1.165) is 12.1 Å². The molecule has 0 saturated heterocycles. The monoisotopic (exact) mass is 289 g/mol. The summed E-state index contributed by atoms with van der Waals surface area (Å²) < 4.78 is 36.6. The van der Waals surface area contributed by atoms with Crippen molar-refractivity contribution in [2.45, 2.75) is 55.1 Å². The zero-order valence-electron chi connectivity index (χ0n) is 10.7. The molecule has 1 aromatic rings. The molecule has 0 aromatic heterocycles. The van der Waals surface area contributed by atoms with Crippen LogP contribution in [0.3, 0.4) is 0 Å². The van der Waals surface area contributed by atoms with E-state index >= 15 is 0 Å². The zero-order chi connectivity index (χ0) is 13.7. The first-order valence-electron chi connectivity index (χ1n) is 6.61. The summed E-state index contributed by atoms with van der Waals surface area (Å²) in [5, 5.41) is 3.48. The van der Waals surface area contributed by atoms with E-state index in [1.165, 1.54) is 44.2 Å². The van der Waals surface area contributed by atoms with Gasteiger partial charge in [-0.25, -0.2) is 0 Å². The number of benzene rings is 1. The van der Waals surface area contributed by atoms with Gasteiger partial charge in [0.25, 0.3) is 0 Å². The topological polar surface area (TPSA) is 12.0 Å². The largest absolute Gasteiger partial charge is 0.446 e. The van der Waals surface area contributed by atoms with Crippen LogP contribution < -0.4 is 5.32 Å². The minimum absolute atomic E-state index is 0.0648. The van der Waals surface area contributed by atoms with Crippen molar-refractivity contribution in [1.29, 1.82) is 0 Å². The van der Waals surface area contributed by atoms with Crippen LogP contribution in [0.2, 0.25) is 0 Å². The first kappa shape index (κ1) is 14.7. The lowest BCUT2D eigenvalue weighted by molar-refractivity contribution is -0.0328. The van der Waals surface area contributed by atoms with Gasteiger partial charge in [-0.2, -0.15) is 13.2 Å². The van der Waals surface area contributed by atoms with Gasteiger partial charge in [0.1, 0.15) is 0 Å². The van der Waals surface area contributed by atoms with E-state index in [2.05, 4.69) is 5.32 Å². The van der Waals surface area contributed by atoms with E-state index in [9.17, 15) is 13.2 Å². The van der Waals surface area contributed by atoms with Crippen LogP contribution in [0, 0.1) is 0 Å². The molecule has 1 N–H and O–H groups in total. The van der Waals surface area contributed by atoms with Crippen LogP contribution in [0.4, 0.5) is 13.2 Å². The number of hydrogen-bond donors (Lipinski definition) is 1. The predicted molar refractivity (Wildman–Crippen MR) is 72.1 cm³/mol. The van der Waals surface area contributed by atoms with E-state index in [4.69, 9.17) is 0 Å². The first-order chi connectivity index (χ1) is 9.03. The van der Waals surface area contributed by atoms with Crippen molar-refractivity contribution in [2.75, 3.05) is 0 Å². The minimum Gasteiger partial charge on any atom is -0.310 e. The second-order valence-electron chi connectivity index (χ2n) is 4.91. The quantitative estimate of drug-likeness (QED) is 0.805. The van der Waals surface area contributed by atoms with Gasteiger partial charge in [0.05, 0.1) is 0 Å². The highest BCUT2D eigenvalue weighted by Crippen LogP contribution is 2.36. The van der Waals surface area contributed by atoms with E-state index in [1.54, 1.807) is 12.1 Å². The number of halogens is 3. The standard InChI is InChI=1S/C14H18F3NS/c15-14(16,17)19-13-8-6-11(7-9-13)10-18-12-4-2-1-3-5-12/h6-9,12,18H,1-5,10H2. The summed E-state index contributed by atoms with van der Waals surface area (Å²) in [6.45, 7) is 0.738. The molecule has 106 valence electrons. The SMILES string of the molecule is FC(F)(F)Sc1ccc(CNC2CCCCC2)cc1. The average Bonchev–Trinajstić information content (AvgIpc) is 2.37. The summed E-state index contributed by atoms with van der Waals surface area (Å²) in [5.41, 5.74) is -3.17. The van der Waals surface area contributed by atoms with Crippen LogP contribution >= 0.6 is 11.8 Å². The predicted octanol–water partition coefficient (Wildman–Crippen LogP) is 4.72. The molecule has 0 amide bonds. The fourth-order valence-electron chi connectivity index (χ4n) is 2.38. The van der Waals surface area contributed by atoms with Gasteiger partial charge in [0.2, 0.25) is 0 Å². The maximum Gasteiger partial charge on any atom is 0.446 e. The molecule has 0 unspecified atom stereocenters. The van der Waals surface area contributed by atoms with Crippen molar-refractivity contribution in [3.05, 3.63) is 29.8 Å². The van der Waals surface area contributed by atoms with Crippen LogP contribution in [-0.4, -0.2) is 11.6 Å². The fourth-order valence-corrected chi connectivity index (χ4v) is 2.92. The van der Waals surface area contributed by atoms with Crippen LogP contribution in [-0.2, 0) is 6.54 Å². The molecule has 0 heterocycles. The summed E-state index contributed by atoms with van der Waals surface area (Å²) in [6.07, 6.45) is 6.29. The van der Waals surface area contributed by atoms with Crippen LogP contribution in [0.25, 0.3) is 0 Å². The maximum atomic E-state index is 12.2. The van der Waals surface area contributed by atoms with Crippen molar-refractivity contribution in [1.82, 2.24) is 5.32 Å². The number of hydrogen-bond acceptors (Lipinski definition) is 2. The molecule has 2 rings (SSSR count). The van der Waals surface area contributed by atoms with Crippen LogP contribution in [0.15, 0.2) is 29.2 Å². The Morgan fingerprint density at radius 1 is 1.05 bits per heavy atom. The van der Waals surface area contributed by atoms with Gasteiger partial charge in [-0.15, -0.1) is 0 Å². The third-order valence-corrected chi connectivity index (χ3v) is 4.10. The fraction of sp³-hybridized carbons (Fsp3) is 0.571. The van der Waals surface area contributed by atoms with Crippen molar-refractivity contribution >= 4 is 11.8 Å². The van der Waals surface area contributed by atoms with Gasteiger partial charge in [-0.3, -0.25) is 0 Å². The third kappa shape index (κ3) is 5.45. The van der Waals surface area contributed by atoms with Crippen molar-refractivity contribution < 1.29 is 13.2 Å². The molecular formula is C14H18F3NS. The highest BCUT2D eigenvalue weighted by Gasteiger charge is 2.28. The van der Waals surface area contributed by atoms with E-state index in [0.29, 0.717) is 6.04 Å². The number of rotatable bonds is 4. The molecular weight excluding hydrogens is 271 g/mol. The van der Waals surface area contributed by atoms with E-state index in [1.807, 2.05) is 0 Å². The lowest BCUT2D eigenvalue weighted by Gasteiger charge is -2.22. The second kappa shape index (κ2) is 6.66. The molecule has 0 aliphatic heterocycles. The lowest BCUT2D eigenvalue weighted by atomic mass is 9.95. The maximum absolute atomic E-state index is 12.2. The highest BCUT2D eigenvalue weighted by molar-refractivity contribution is 8.00. The van der Waals surface area contributed by atoms with Crippen molar-refractivity contribution in [2.24, 2.45) is 0 Å². The molecule has 1 aliphatic rings.